The van der Waals surface area contributed by atoms with Crippen molar-refractivity contribution in [1.29, 1.82) is 0 Å². The lowest BCUT2D eigenvalue weighted by Gasteiger charge is -2.40. The summed E-state index contributed by atoms with van der Waals surface area (Å²) in [7, 11) is 0. The highest BCUT2D eigenvalue weighted by Crippen LogP contribution is 2.30. The molecule has 12 heteroatoms. The van der Waals surface area contributed by atoms with Crippen LogP contribution in [-0.2, 0) is 14.4 Å². The van der Waals surface area contributed by atoms with Gasteiger partial charge in [-0.05, 0) is 44.0 Å². The Morgan fingerprint density at radius 1 is 1.18 bits per heavy atom. The van der Waals surface area contributed by atoms with Gasteiger partial charge in [-0.15, -0.1) is 23.5 Å². The molecular weight excluding hydrogens is 558 g/mol. The number of hydrogen-bond acceptors (Lipinski definition) is 7. The van der Waals surface area contributed by atoms with Crippen LogP contribution >= 0.6 is 35.1 Å². The fraction of sp³-hybridized carbons (Fsp3) is 0.370. The maximum atomic E-state index is 13.5. The molecule has 1 N–H and O–H groups in total. The molecule has 2 aliphatic heterocycles. The largest absolute Gasteiger partial charge is 0.510 e. The van der Waals surface area contributed by atoms with Gasteiger partial charge in [0.2, 0.25) is 12.3 Å². The standard InChI is InChI=1S/C27H30ClN5O4S2/c1-19(35)25-27(37)31(15-16-38-20-8-10-29-11-9-20)13-14-33(25)26(30-18-34)22-6-4-12-32(22)24(36)17-39-23-7-3-2-5-21(23)28/h2-3,5,7-11,18,22,35H,4,6,12-17H2,1H3/b25-19+,30-26-. The Hall–Kier alpha value is -3.02. The Labute approximate surface area is 241 Å². The molecule has 1 atom stereocenters. The molecule has 0 saturated carbocycles. The summed E-state index contributed by atoms with van der Waals surface area (Å²) < 4.78 is 0. The number of aliphatic imine (C=N–C) groups is 1. The summed E-state index contributed by atoms with van der Waals surface area (Å²) >= 11 is 9.22. The van der Waals surface area contributed by atoms with E-state index in [9.17, 15) is 19.5 Å². The minimum Gasteiger partial charge on any atom is -0.510 e. The number of carbonyl (C=O) groups excluding carboxylic acids is 3. The van der Waals surface area contributed by atoms with Crippen LogP contribution in [0.5, 0.6) is 0 Å². The number of piperazine rings is 1. The van der Waals surface area contributed by atoms with E-state index in [-0.39, 0.29) is 29.0 Å². The smallest absolute Gasteiger partial charge is 0.274 e. The number of carbonyl (C=O) groups is 3. The van der Waals surface area contributed by atoms with Gasteiger partial charge in [-0.1, -0.05) is 23.7 Å². The third-order valence-electron chi connectivity index (χ3n) is 6.50. The van der Waals surface area contributed by atoms with Crippen LogP contribution in [0.15, 0.2) is 75.0 Å². The van der Waals surface area contributed by atoms with Crippen molar-refractivity contribution in [2.24, 2.45) is 4.99 Å². The van der Waals surface area contributed by atoms with Gasteiger partial charge in [-0.3, -0.25) is 19.4 Å². The second kappa shape index (κ2) is 13.9. The molecule has 39 heavy (non-hydrogen) atoms. The van der Waals surface area contributed by atoms with Crippen LogP contribution < -0.4 is 0 Å². The molecule has 0 bridgehead atoms. The molecular formula is C27H30ClN5O4S2. The van der Waals surface area contributed by atoms with Gasteiger partial charge in [0.15, 0.2) is 0 Å². The summed E-state index contributed by atoms with van der Waals surface area (Å²) in [5.74, 6) is 0.566. The lowest BCUT2D eigenvalue weighted by atomic mass is 10.1. The number of amides is 3. The van der Waals surface area contributed by atoms with Crippen LogP contribution in [-0.4, -0.2) is 92.6 Å². The van der Waals surface area contributed by atoms with E-state index in [1.807, 2.05) is 30.3 Å². The van der Waals surface area contributed by atoms with E-state index >= 15 is 0 Å². The van der Waals surface area contributed by atoms with Crippen molar-refractivity contribution in [2.75, 3.05) is 37.7 Å². The maximum absolute atomic E-state index is 13.5. The Balaban J connectivity index is 1.46. The van der Waals surface area contributed by atoms with E-state index in [0.717, 1.165) is 16.2 Å². The number of hydrogen-bond donors (Lipinski definition) is 1. The number of rotatable bonds is 9. The topological polar surface area (TPSA) is 106 Å². The molecule has 3 amide bonds. The SMILES string of the molecule is C/C(O)=C1/C(=O)N(CCSc2ccncc2)CCN1/C(=N\C=O)C1CCCN1C(=O)CSc1ccccc1Cl. The summed E-state index contributed by atoms with van der Waals surface area (Å²) in [6.07, 6.45) is 5.22. The second-order valence-electron chi connectivity index (χ2n) is 8.97. The van der Waals surface area contributed by atoms with Gasteiger partial charge < -0.3 is 19.8 Å². The van der Waals surface area contributed by atoms with Gasteiger partial charge in [0.1, 0.15) is 17.3 Å². The van der Waals surface area contributed by atoms with Gasteiger partial charge in [-0.25, -0.2) is 4.99 Å². The van der Waals surface area contributed by atoms with Gasteiger partial charge in [0, 0.05) is 54.1 Å². The number of likely N-dealkylation sites (tertiary alicyclic amines) is 1. The monoisotopic (exact) mass is 587 g/mol. The second-order valence-corrected chi connectivity index (χ2v) is 11.6. The number of thioether (sulfide) groups is 2. The minimum atomic E-state index is -0.481. The zero-order chi connectivity index (χ0) is 27.8. The molecule has 1 unspecified atom stereocenters. The number of aromatic nitrogens is 1. The first-order valence-electron chi connectivity index (χ1n) is 12.6. The van der Waals surface area contributed by atoms with Crippen molar-refractivity contribution in [1.82, 2.24) is 19.7 Å². The number of amidine groups is 1. The zero-order valence-corrected chi connectivity index (χ0v) is 23.9. The molecule has 2 aliphatic rings. The highest BCUT2D eigenvalue weighted by atomic mass is 35.5. The summed E-state index contributed by atoms with van der Waals surface area (Å²) in [4.78, 5) is 53.3. The Morgan fingerprint density at radius 3 is 2.67 bits per heavy atom. The molecule has 0 spiro atoms. The average molecular weight is 588 g/mol. The number of allylic oxidation sites excluding steroid dienone is 1. The van der Waals surface area contributed by atoms with Crippen molar-refractivity contribution >= 4 is 59.2 Å². The third kappa shape index (κ3) is 7.14. The van der Waals surface area contributed by atoms with Crippen molar-refractivity contribution in [2.45, 2.75) is 35.6 Å². The first-order chi connectivity index (χ1) is 18.9. The normalized spacial score (nSPS) is 19.4. The van der Waals surface area contributed by atoms with Crippen LogP contribution in [0.2, 0.25) is 5.02 Å². The highest BCUT2D eigenvalue weighted by Gasteiger charge is 2.40. The lowest BCUT2D eigenvalue weighted by molar-refractivity contribution is -0.130. The highest BCUT2D eigenvalue weighted by molar-refractivity contribution is 8.00. The van der Waals surface area contributed by atoms with Crippen LogP contribution in [0.4, 0.5) is 0 Å². The quantitative estimate of drug-likeness (QED) is 0.117. The van der Waals surface area contributed by atoms with E-state index in [1.54, 1.807) is 44.9 Å². The molecule has 2 fully saturated rings. The number of nitrogens with zero attached hydrogens (tertiary/aromatic N) is 5. The Bertz CT molecular complexity index is 1260. The van der Waals surface area contributed by atoms with E-state index in [2.05, 4.69) is 9.98 Å². The molecule has 1 aromatic heterocycles. The molecule has 4 rings (SSSR count). The molecule has 206 valence electrons. The number of halogens is 1. The molecule has 0 aliphatic carbocycles. The molecule has 9 nitrogen and oxygen atoms in total. The maximum Gasteiger partial charge on any atom is 0.274 e. The van der Waals surface area contributed by atoms with Crippen LogP contribution in [0, 0.1) is 0 Å². The summed E-state index contributed by atoms with van der Waals surface area (Å²) in [5.41, 5.74) is 0.0838. The predicted octanol–water partition coefficient (Wildman–Crippen LogP) is 4.10. The summed E-state index contributed by atoms with van der Waals surface area (Å²) in [5, 5.41) is 11.1. The molecule has 2 saturated heterocycles. The van der Waals surface area contributed by atoms with Gasteiger partial charge in [0.05, 0.1) is 16.8 Å². The molecule has 0 radical (unpaired) electrons. The number of pyridine rings is 1. The van der Waals surface area contributed by atoms with E-state index in [0.29, 0.717) is 55.6 Å². The summed E-state index contributed by atoms with van der Waals surface area (Å²) in [6, 6.07) is 10.7. The van der Waals surface area contributed by atoms with Crippen molar-refractivity contribution in [3.63, 3.8) is 0 Å². The van der Waals surface area contributed by atoms with Crippen LogP contribution in [0.1, 0.15) is 19.8 Å². The predicted molar refractivity (Wildman–Crippen MR) is 154 cm³/mol. The van der Waals surface area contributed by atoms with Gasteiger partial charge in [0.25, 0.3) is 5.91 Å². The fourth-order valence-corrected chi connectivity index (χ4v) is 6.69. The first-order valence-corrected chi connectivity index (χ1v) is 14.9. The van der Waals surface area contributed by atoms with Crippen molar-refractivity contribution in [3.8, 4) is 0 Å². The molecule has 2 aromatic rings. The average Bonchev–Trinajstić information content (AvgIpc) is 3.42. The van der Waals surface area contributed by atoms with E-state index < -0.39 is 6.04 Å². The van der Waals surface area contributed by atoms with E-state index in [1.165, 1.54) is 18.7 Å². The van der Waals surface area contributed by atoms with Crippen molar-refractivity contribution < 1.29 is 19.5 Å². The summed E-state index contributed by atoms with van der Waals surface area (Å²) in [6.45, 7) is 3.20. The fourth-order valence-electron chi connectivity index (χ4n) is 4.71. The number of aliphatic hydroxyl groups excluding tert-OH is 1. The van der Waals surface area contributed by atoms with E-state index in [4.69, 9.17) is 11.6 Å². The number of benzene rings is 1. The Kier molecular flexibility index (Phi) is 10.3. The van der Waals surface area contributed by atoms with Crippen molar-refractivity contribution in [3.05, 3.63) is 65.3 Å². The lowest BCUT2D eigenvalue weighted by Crippen LogP contribution is -2.56. The minimum absolute atomic E-state index is 0.0838. The van der Waals surface area contributed by atoms with Crippen LogP contribution in [0.25, 0.3) is 0 Å². The molecule has 1 aromatic carbocycles. The van der Waals surface area contributed by atoms with Gasteiger partial charge in [-0.2, -0.15) is 0 Å². The zero-order valence-electron chi connectivity index (χ0n) is 21.5. The number of aliphatic hydroxyl groups is 1. The Morgan fingerprint density at radius 2 is 1.95 bits per heavy atom. The van der Waals surface area contributed by atoms with Crippen LogP contribution in [0.3, 0.4) is 0 Å². The van der Waals surface area contributed by atoms with Gasteiger partial charge >= 0.3 is 0 Å². The molecule has 3 heterocycles. The first kappa shape index (κ1) is 29.0. The third-order valence-corrected chi connectivity index (χ3v) is 8.99.